The van der Waals surface area contributed by atoms with Gasteiger partial charge in [-0.05, 0) is 85.7 Å². The van der Waals surface area contributed by atoms with Gasteiger partial charge >= 0.3 is 6.01 Å². The molecule has 46 heavy (non-hydrogen) atoms. The molecule has 4 aromatic rings. The molecule has 2 N–H and O–H groups in total. The summed E-state index contributed by atoms with van der Waals surface area (Å²) in [4.78, 5) is 14.0. The molecule has 244 valence electrons. The minimum atomic E-state index is -0.663. The SMILES string of the molecule is CCc1c(F)ccc2cc(O)cc(-c3c(Cl)cc4c(N5CC6CCC(C5)N6)nc(OCCCN5CC(C)OCC5C)nc4c3F)c12. The number of benzene rings is 3. The molecule has 0 spiro atoms. The minimum Gasteiger partial charge on any atom is -0.508 e. The number of ether oxygens (including phenoxy) is 2. The highest BCUT2D eigenvalue weighted by Crippen LogP contribution is 2.44. The predicted molar refractivity (Wildman–Crippen MR) is 177 cm³/mol. The number of rotatable bonds is 8. The summed E-state index contributed by atoms with van der Waals surface area (Å²) >= 11 is 6.90. The van der Waals surface area contributed by atoms with Crippen molar-refractivity contribution in [3.05, 3.63) is 52.6 Å². The summed E-state index contributed by atoms with van der Waals surface area (Å²) in [6.07, 6.45) is 3.47. The number of aromatic hydroxyl groups is 1. The molecule has 0 saturated carbocycles. The molecule has 8 nitrogen and oxygen atoms in total. The Morgan fingerprint density at radius 1 is 1.09 bits per heavy atom. The van der Waals surface area contributed by atoms with E-state index in [1.54, 1.807) is 18.2 Å². The van der Waals surface area contributed by atoms with Crippen molar-refractivity contribution in [3.8, 4) is 22.9 Å². The van der Waals surface area contributed by atoms with E-state index < -0.39 is 11.6 Å². The second-order valence-electron chi connectivity index (χ2n) is 13.0. The molecule has 3 saturated heterocycles. The van der Waals surface area contributed by atoms with E-state index in [9.17, 15) is 5.11 Å². The molecule has 3 aliphatic heterocycles. The first-order valence-electron chi connectivity index (χ1n) is 16.3. The molecule has 3 aliphatic rings. The second-order valence-corrected chi connectivity index (χ2v) is 13.4. The number of aromatic nitrogens is 2. The minimum absolute atomic E-state index is 0.0572. The highest BCUT2D eigenvalue weighted by atomic mass is 35.5. The van der Waals surface area contributed by atoms with Crippen molar-refractivity contribution < 1.29 is 23.4 Å². The summed E-state index contributed by atoms with van der Waals surface area (Å²) in [6, 6.07) is 8.72. The Kier molecular flexibility index (Phi) is 8.65. The first kappa shape index (κ1) is 31.3. The maximum absolute atomic E-state index is 17.0. The van der Waals surface area contributed by atoms with E-state index in [2.05, 4.69) is 33.9 Å². The molecule has 7 rings (SSSR count). The highest BCUT2D eigenvalue weighted by molar-refractivity contribution is 6.35. The maximum Gasteiger partial charge on any atom is 0.319 e. The fourth-order valence-corrected chi connectivity index (χ4v) is 7.73. The number of fused-ring (bicyclic) bond motifs is 4. The van der Waals surface area contributed by atoms with Gasteiger partial charge in [-0.3, -0.25) is 4.90 Å². The van der Waals surface area contributed by atoms with Crippen LogP contribution in [0.1, 0.15) is 45.6 Å². The first-order chi connectivity index (χ1) is 22.2. The number of nitrogens with one attached hydrogen (secondary N) is 1. The molecular formula is C35H40ClF2N5O3. The van der Waals surface area contributed by atoms with Crippen LogP contribution in [-0.4, -0.2) is 83.6 Å². The van der Waals surface area contributed by atoms with Crippen molar-refractivity contribution in [3.63, 3.8) is 0 Å². The predicted octanol–water partition coefficient (Wildman–Crippen LogP) is 6.47. The van der Waals surface area contributed by atoms with E-state index in [0.717, 1.165) is 45.4 Å². The number of nitrogens with zero attached hydrogens (tertiary/aromatic N) is 4. The fourth-order valence-electron chi connectivity index (χ4n) is 7.44. The lowest BCUT2D eigenvalue weighted by atomic mass is 9.92. The van der Waals surface area contributed by atoms with Gasteiger partial charge < -0.3 is 24.8 Å². The van der Waals surface area contributed by atoms with Crippen LogP contribution in [-0.2, 0) is 11.2 Å². The van der Waals surface area contributed by atoms with Crippen LogP contribution in [0.5, 0.6) is 11.8 Å². The number of anilines is 1. The smallest absolute Gasteiger partial charge is 0.319 e. The van der Waals surface area contributed by atoms with E-state index >= 15 is 8.78 Å². The second kappa shape index (κ2) is 12.7. The van der Waals surface area contributed by atoms with E-state index in [1.165, 1.54) is 12.1 Å². The number of piperazine rings is 1. The third kappa shape index (κ3) is 5.85. The Hall–Kier alpha value is -3.31. The zero-order valence-corrected chi connectivity index (χ0v) is 27.2. The van der Waals surface area contributed by atoms with Crippen molar-refractivity contribution >= 4 is 39.1 Å². The third-order valence-corrected chi connectivity index (χ3v) is 9.99. The highest BCUT2D eigenvalue weighted by Gasteiger charge is 2.34. The maximum atomic E-state index is 17.0. The Balaban J connectivity index is 1.30. The number of aryl methyl sites for hydroxylation is 1. The summed E-state index contributed by atoms with van der Waals surface area (Å²) in [5, 5.41) is 16.0. The van der Waals surface area contributed by atoms with Gasteiger partial charge in [0.15, 0.2) is 5.82 Å². The molecule has 4 atom stereocenters. The number of hydrogen-bond acceptors (Lipinski definition) is 8. The first-order valence-corrected chi connectivity index (χ1v) is 16.7. The van der Waals surface area contributed by atoms with Gasteiger partial charge in [0, 0.05) is 55.3 Å². The lowest BCUT2D eigenvalue weighted by Crippen LogP contribution is -2.51. The number of phenolic OH excluding ortho intramolecular Hbond substituents is 1. The molecule has 11 heteroatoms. The Bertz CT molecular complexity index is 1780. The van der Waals surface area contributed by atoms with E-state index in [-0.39, 0.29) is 34.0 Å². The average Bonchev–Trinajstić information content (AvgIpc) is 3.37. The van der Waals surface area contributed by atoms with E-state index in [0.29, 0.717) is 70.9 Å². The number of hydrogen-bond donors (Lipinski definition) is 2. The fraction of sp³-hybridized carbons (Fsp3) is 0.486. The van der Waals surface area contributed by atoms with Crippen LogP contribution < -0.4 is 15.0 Å². The number of morpholine rings is 1. The monoisotopic (exact) mass is 651 g/mol. The lowest BCUT2D eigenvalue weighted by molar-refractivity contribution is -0.0503. The number of phenols is 1. The quantitative estimate of drug-likeness (QED) is 0.210. The zero-order valence-electron chi connectivity index (χ0n) is 26.5. The van der Waals surface area contributed by atoms with Gasteiger partial charge in [-0.15, -0.1) is 0 Å². The molecule has 2 bridgehead atoms. The van der Waals surface area contributed by atoms with E-state index in [4.69, 9.17) is 26.1 Å². The van der Waals surface area contributed by atoms with Gasteiger partial charge in [-0.1, -0.05) is 24.6 Å². The van der Waals surface area contributed by atoms with Crippen molar-refractivity contribution in [2.24, 2.45) is 0 Å². The Morgan fingerprint density at radius 2 is 1.87 bits per heavy atom. The summed E-state index contributed by atoms with van der Waals surface area (Å²) in [6.45, 7) is 10.3. The topological polar surface area (TPSA) is 83.0 Å². The molecule has 3 fully saturated rings. The van der Waals surface area contributed by atoms with Crippen LogP contribution in [0.4, 0.5) is 14.6 Å². The Labute approximate surface area is 272 Å². The molecule has 1 aromatic heterocycles. The molecule has 0 amide bonds. The van der Waals surface area contributed by atoms with Gasteiger partial charge in [0.25, 0.3) is 0 Å². The summed E-state index contributed by atoms with van der Waals surface area (Å²) < 4.78 is 43.9. The zero-order chi connectivity index (χ0) is 32.1. The average molecular weight is 652 g/mol. The molecule has 4 heterocycles. The third-order valence-electron chi connectivity index (χ3n) is 9.69. The molecule has 3 aromatic carbocycles. The molecular weight excluding hydrogens is 612 g/mol. The standard InChI is InChI=1S/C35H40ClF2N5O3/c1-4-25-29(37)9-6-21-12-24(44)13-26(30(21)25)31-28(36)14-27-33(32(31)38)40-35(41-34(27)43-16-22-7-8-23(17-43)39-22)45-11-5-10-42-15-20(3)46-18-19(42)2/h6,9,12-14,19-20,22-23,39,44H,4-5,7-8,10-11,15-18H2,1-3H3. The van der Waals surface area contributed by atoms with Crippen LogP contribution in [0.25, 0.3) is 32.8 Å². The van der Waals surface area contributed by atoms with Crippen LogP contribution in [0.2, 0.25) is 5.02 Å². The summed E-state index contributed by atoms with van der Waals surface area (Å²) in [5.74, 6) is -0.542. The number of halogens is 3. The lowest BCUT2D eigenvalue weighted by Gasteiger charge is -2.36. The molecule has 4 unspecified atom stereocenters. The van der Waals surface area contributed by atoms with Crippen LogP contribution >= 0.6 is 11.6 Å². The van der Waals surface area contributed by atoms with Crippen molar-refractivity contribution in [1.29, 1.82) is 0 Å². The molecule has 0 aliphatic carbocycles. The van der Waals surface area contributed by atoms with Crippen molar-refractivity contribution in [2.45, 2.75) is 70.7 Å². The molecule has 0 radical (unpaired) electrons. The largest absolute Gasteiger partial charge is 0.508 e. The van der Waals surface area contributed by atoms with Crippen LogP contribution in [0.15, 0.2) is 30.3 Å². The summed E-state index contributed by atoms with van der Waals surface area (Å²) in [7, 11) is 0. The summed E-state index contributed by atoms with van der Waals surface area (Å²) in [5.41, 5.74) is 0.872. The van der Waals surface area contributed by atoms with Gasteiger partial charge in [-0.25, -0.2) is 8.78 Å². The van der Waals surface area contributed by atoms with Gasteiger partial charge in [-0.2, -0.15) is 9.97 Å². The van der Waals surface area contributed by atoms with Crippen molar-refractivity contribution in [1.82, 2.24) is 20.2 Å². The van der Waals surface area contributed by atoms with Gasteiger partial charge in [0.05, 0.1) is 24.3 Å². The van der Waals surface area contributed by atoms with Gasteiger partial charge in [0.1, 0.15) is 22.9 Å². The Morgan fingerprint density at radius 3 is 2.63 bits per heavy atom. The van der Waals surface area contributed by atoms with E-state index in [1.807, 2.05) is 6.92 Å². The normalized spacial score (nSPS) is 23.5. The van der Waals surface area contributed by atoms with Crippen LogP contribution in [0, 0.1) is 11.6 Å². The van der Waals surface area contributed by atoms with Crippen molar-refractivity contribution in [2.75, 3.05) is 44.3 Å². The van der Waals surface area contributed by atoms with Gasteiger partial charge in [0.2, 0.25) is 0 Å². The van der Waals surface area contributed by atoms with Crippen LogP contribution in [0.3, 0.4) is 0 Å².